The van der Waals surface area contributed by atoms with Crippen LogP contribution in [0.1, 0.15) is 59.3 Å². The molecule has 1 saturated carbocycles. The Bertz CT molecular complexity index is 1440. The van der Waals surface area contributed by atoms with Crippen molar-refractivity contribution in [3.63, 3.8) is 0 Å². The third-order valence-electron chi connectivity index (χ3n) is 8.97. The van der Waals surface area contributed by atoms with Gasteiger partial charge in [-0.25, -0.2) is 4.39 Å². The highest BCUT2D eigenvalue weighted by atomic mass is 79.9. The topological polar surface area (TPSA) is 26.3 Å². The van der Waals surface area contributed by atoms with Crippen molar-refractivity contribution in [2.75, 3.05) is 7.11 Å². The minimum Gasteiger partial charge on any atom is -0.497 e. The molecule has 0 aliphatic heterocycles. The van der Waals surface area contributed by atoms with Crippen LogP contribution in [-0.2, 0) is 6.42 Å². The Labute approximate surface area is 230 Å². The van der Waals surface area contributed by atoms with Gasteiger partial charge in [0, 0.05) is 20.3 Å². The molecule has 0 unspecified atom stereocenters. The number of hydrogen-bond acceptors (Lipinski definition) is 3. The van der Waals surface area contributed by atoms with Crippen LogP contribution < -0.4 is 4.74 Å². The fourth-order valence-electron chi connectivity index (χ4n) is 7.02. The number of benzene rings is 2. The molecule has 1 heterocycles. The Morgan fingerprint density at radius 3 is 2.81 bits per heavy atom. The highest BCUT2D eigenvalue weighted by Gasteiger charge is 2.52. The summed E-state index contributed by atoms with van der Waals surface area (Å²) in [7, 11) is 1.74. The third kappa shape index (κ3) is 4.24. The summed E-state index contributed by atoms with van der Waals surface area (Å²) in [5.41, 5.74) is 4.86. The van der Waals surface area contributed by atoms with E-state index in [1.807, 2.05) is 18.2 Å². The largest absolute Gasteiger partial charge is 0.497 e. The number of ketones is 1. The predicted molar refractivity (Wildman–Crippen MR) is 152 cm³/mol. The van der Waals surface area contributed by atoms with E-state index >= 15 is 0 Å². The van der Waals surface area contributed by atoms with Crippen LogP contribution in [0.4, 0.5) is 4.39 Å². The van der Waals surface area contributed by atoms with Gasteiger partial charge >= 0.3 is 0 Å². The van der Waals surface area contributed by atoms with Crippen molar-refractivity contribution in [3.8, 4) is 16.2 Å². The van der Waals surface area contributed by atoms with Gasteiger partial charge in [0.15, 0.2) is 5.78 Å². The van der Waals surface area contributed by atoms with Crippen LogP contribution in [0.25, 0.3) is 10.4 Å². The van der Waals surface area contributed by atoms with E-state index in [1.54, 1.807) is 31.4 Å². The molecular formula is C32H30BrFO2S. The van der Waals surface area contributed by atoms with Crippen LogP contribution >= 0.6 is 27.3 Å². The summed E-state index contributed by atoms with van der Waals surface area (Å²) in [5.74, 6) is 2.47. The number of methoxy groups -OCH3 is 1. The molecule has 0 bridgehead atoms. The SMILES string of the molecule is COc1ccc2c(c1)CC[C@@H]1[C@@H]2CC[C@]2(C)C(Br)=C(/C=C/C(=O)c3ccc(-c4ccccc4F)s3)C[C@@H]12. The molecule has 190 valence electrons. The summed E-state index contributed by atoms with van der Waals surface area (Å²) in [6.45, 7) is 2.41. The Morgan fingerprint density at radius 1 is 1.16 bits per heavy atom. The van der Waals surface area contributed by atoms with Gasteiger partial charge < -0.3 is 4.74 Å². The fourth-order valence-corrected chi connectivity index (χ4v) is 8.76. The third-order valence-corrected chi connectivity index (χ3v) is 11.5. The van der Waals surface area contributed by atoms with Gasteiger partial charge in [-0.2, -0.15) is 0 Å². The first-order valence-electron chi connectivity index (χ1n) is 13.0. The van der Waals surface area contributed by atoms with Crippen molar-refractivity contribution in [2.24, 2.45) is 17.3 Å². The molecule has 0 radical (unpaired) electrons. The molecule has 6 rings (SSSR count). The average molecular weight is 578 g/mol. The van der Waals surface area contributed by atoms with E-state index in [0.29, 0.717) is 28.2 Å². The Morgan fingerprint density at radius 2 is 2.00 bits per heavy atom. The van der Waals surface area contributed by atoms with Gasteiger partial charge in [0.25, 0.3) is 0 Å². The molecular weight excluding hydrogens is 547 g/mol. The van der Waals surface area contributed by atoms with E-state index in [-0.39, 0.29) is 17.0 Å². The number of carbonyl (C=O) groups excluding carboxylic acids is 1. The molecule has 4 atom stereocenters. The quantitative estimate of drug-likeness (QED) is 0.223. The van der Waals surface area contributed by atoms with Crippen LogP contribution in [0.3, 0.4) is 0 Å². The summed E-state index contributed by atoms with van der Waals surface area (Å²) < 4.78 is 20.9. The summed E-state index contributed by atoms with van der Waals surface area (Å²) in [5, 5.41) is 0. The van der Waals surface area contributed by atoms with Gasteiger partial charge in [0.1, 0.15) is 11.6 Å². The predicted octanol–water partition coefficient (Wildman–Crippen LogP) is 9.12. The molecule has 37 heavy (non-hydrogen) atoms. The van der Waals surface area contributed by atoms with Gasteiger partial charge in [-0.1, -0.05) is 53.2 Å². The zero-order chi connectivity index (χ0) is 25.7. The number of hydrogen-bond donors (Lipinski definition) is 0. The van der Waals surface area contributed by atoms with E-state index in [1.165, 1.54) is 51.4 Å². The number of thiophene rings is 1. The Kier molecular flexibility index (Phi) is 6.48. The number of rotatable bonds is 5. The lowest BCUT2D eigenvalue weighted by molar-refractivity contribution is 0.0804. The summed E-state index contributed by atoms with van der Waals surface area (Å²) >= 11 is 5.32. The smallest absolute Gasteiger partial charge is 0.195 e. The van der Waals surface area contributed by atoms with Crippen molar-refractivity contribution in [3.05, 3.63) is 98.6 Å². The lowest BCUT2D eigenvalue weighted by atomic mass is 9.56. The van der Waals surface area contributed by atoms with E-state index < -0.39 is 0 Å². The number of halogens is 2. The van der Waals surface area contributed by atoms with E-state index in [9.17, 15) is 9.18 Å². The number of allylic oxidation sites excluding steroid dienone is 4. The second-order valence-corrected chi connectivity index (χ2v) is 12.7. The molecule has 2 aromatic carbocycles. The van der Waals surface area contributed by atoms with Crippen LogP contribution in [0.15, 0.2) is 76.8 Å². The van der Waals surface area contributed by atoms with Crippen molar-refractivity contribution < 1.29 is 13.9 Å². The van der Waals surface area contributed by atoms with Gasteiger partial charge in [0.05, 0.1) is 12.0 Å². The van der Waals surface area contributed by atoms with E-state index in [4.69, 9.17) is 4.74 Å². The van der Waals surface area contributed by atoms with Crippen LogP contribution in [0, 0.1) is 23.1 Å². The Balaban J connectivity index is 1.21. The van der Waals surface area contributed by atoms with E-state index in [0.717, 1.165) is 29.9 Å². The van der Waals surface area contributed by atoms with Crippen LogP contribution in [0.2, 0.25) is 0 Å². The number of aryl methyl sites for hydroxylation is 1. The monoisotopic (exact) mass is 576 g/mol. The first-order chi connectivity index (χ1) is 17.9. The lowest BCUT2D eigenvalue weighted by Crippen LogP contribution is -2.40. The molecule has 1 aromatic heterocycles. The molecule has 0 amide bonds. The van der Waals surface area contributed by atoms with Crippen molar-refractivity contribution in [1.82, 2.24) is 0 Å². The normalized spacial score (nSPS) is 26.6. The van der Waals surface area contributed by atoms with Crippen LogP contribution in [-0.4, -0.2) is 12.9 Å². The first kappa shape index (κ1) is 24.8. The molecule has 0 N–H and O–H groups in total. The maximum absolute atomic E-state index is 14.2. The fraction of sp³-hybridized carbons (Fsp3) is 0.344. The average Bonchev–Trinajstić information content (AvgIpc) is 3.50. The summed E-state index contributed by atoms with van der Waals surface area (Å²) in [6.07, 6.45) is 9.37. The molecule has 5 heteroatoms. The molecule has 0 spiro atoms. The van der Waals surface area contributed by atoms with Crippen LogP contribution in [0.5, 0.6) is 5.75 Å². The standard InChI is InChI=1S/C32H30BrFO2S/c1-32-16-15-23-22-11-9-21(36-2)17-19(22)7-10-24(23)26(32)18-20(31(32)33)8-12-28(35)30-14-13-29(37-30)25-5-3-4-6-27(25)34/h3-6,8-9,11-14,17,23-24,26H,7,10,15-16,18H2,1-2H3/b12-8+/t23-,24-,26+,32+/m1/s1. The maximum Gasteiger partial charge on any atom is 0.195 e. The molecule has 0 saturated heterocycles. The lowest BCUT2D eigenvalue weighted by Gasteiger charge is -2.49. The first-order valence-corrected chi connectivity index (χ1v) is 14.6. The highest BCUT2D eigenvalue weighted by molar-refractivity contribution is 9.11. The number of ether oxygens (including phenoxy) is 1. The molecule has 3 aliphatic rings. The van der Waals surface area contributed by atoms with Crippen molar-refractivity contribution in [1.29, 1.82) is 0 Å². The van der Waals surface area contributed by atoms with Gasteiger partial charge in [-0.3, -0.25) is 4.79 Å². The second-order valence-electron chi connectivity index (χ2n) is 10.8. The van der Waals surface area contributed by atoms with Crippen molar-refractivity contribution in [2.45, 2.75) is 44.9 Å². The molecule has 1 fully saturated rings. The minimum absolute atomic E-state index is 0.0289. The molecule has 2 nitrogen and oxygen atoms in total. The van der Waals surface area contributed by atoms with E-state index in [2.05, 4.69) is 41.1 Å². The van der Waals surface area contributed by atoms with Gasteiger partial charge in [0.2, 0.25) is 0 Å². The minimum atomic E-state index is -0.266. The van der Waals surface area contributed by atoms with Gasteiger partial charge in [-0.05, 0) is 103 Å². The summed E-state index contributed by atoms with van der Waals surface area (Å²) in [6, 6.07) is 17.0. The second kappa shape index (κ2) is 9.67. The van der Waals surface area contributed by atoms with Crippen molar-refractivity contribution >= 4 is 33.0 Å². The van der Waals surface area contributed by atoms with Gasteiger partial charge in [-0.15, -0.1) is 11.3 Å². The number of fused-ring (bicyclic) bond motifs is 5. The summed E-state index contributed by atoms with van der Waals surface area (Å²) in [4.78, 5) is 14.4. The Hall–Kier alpha value is -2.50. The molecule has 3 aliphatic carbocycles. The molecule has 3 aromatic rings. The zero-order valence-electron chi connectivity index (χ0n) is 21.1. The maximum atomic E-state index is 14.2. The zero-order valence-corrected chi connectivity index (χ0v) is 23.5. The highest BCUT2D eigenvalue weighted by Crippen LogP contribution is 2.64. The number of carbonyl (C=O) groups is 1.